The summed E-state index contributed by atoms with van der Waals surface area (Å²) in [6, 6.07) is 29.1. The van der Waals surface area contributed by atoms with E-state index in [4.69, 9.17) is 0 Å². The predicted octanol–water partition coefficient (Wildman–Crippen LogP) is 6.25. The summed E-state index contributed by atoms with van der Waals surface area (Å²) in [5.74, 6) is 1.73. The van der Waals surface area contributed by atoms with Gasteiger partial charge in [0, 0.05) is 29.5 Å². The van der Waals surface area contributed by atoms with Gasteiger partial charge in [0.25, 0.3) is 0 Å². The second-order valence-corrected chi connectivity index (χ2v) is 9.85. The maximum atomic E-state index is 12.4. The first-order valence-electron chi connectivity index (χ1n) is 12.1. The van der Waals surface area contributed by atoms with Crippen molar-refractivity contribution in [1.82, 2.24) is 20.1 Å². The lowest BCUT2D eigenvalue weighted by Crippen LogP contribution is -2.32. The molecule has 0 saturated heterocycles. The first-order chi connectivity index (χ1) is 17.1. The zero-order valence-corrected chi connectivity index (χ0v) is 21.2. The van der Waals surface area contributed by atoms with Crippen LogP contribution in [-0.4, -0.2) is 32.5 Å². The summed E-state index contributed by atoms with van der Waals surface area (Å²) in [6.45, 7) is 4.15. The lowest BCUT2D eigenvalue weighted by Gasteiger charge is -2.14. The molecule has 35 heavy (non-hydrogen) atoms. The largest absolute Gasteiger partial charge is 0.354 e. The van der Waals surface area contributed by atoms with Crippen LogP contribution in [0.1, 0.15) is 37.3 Å². The summed E-state index contributed by atoms with van der Waals surface area (Å²) in [5.41, 5.74) is 4.57. The Morgan fingerprint density at radius 2 is 1.63 bits per heavy atom. The molecule has 0 fully saturated rings. The van der Waals surface area contributed by atoms with Crippen LogP contribution in [-0.2, 0) is 11.2 Å². The molecule has 0 saturated carbocycles. The highest BCUT2D eigenvalue weighted by Gasteiger charge is 2.16. The molecular formula is C29H32N4OS. The Morgan fingerprint density at radius 3 is 2.34 bits per heavy atom. The topological polar surface area (TPSA) is 59.8 Å². The van der Waals surface area contributed by atoms with Crippen LogP contribution in [0.15, 0.2) is 90.1 Å². The van der Waals surface area contributed by atoms with Gasteiger partial charge in [-0.15, -0.1) is 10.2 Å². The summed E-state index contributed by atoms with van der Waals surface area (Å²) in [7, 11) is 0. The monoisotopic (exact) mass is 484 g/mol. The maximum absolute atomic E-state index is 12.4. The highest BCUT2D eigenvalue weighted by molar-refractivity contribution is 7.99. The number of para-hydroxylation sites is 1. The predicted molar refractivity (Wildman–Crippen MR) is 144 cm³/mol. The van der Waals surface area contributed by atoms with Crippen LogP contribution in [0.2, 0.25) is 0 Å². The van der Waals surface area contributed by atoms with E-state index >= 15 is 0 Å². The molecule has 0 aliphatic rings. The number of benzene rings is 3. The highest BCUT2D eigenvalue weighted by atomic mass is 32.2. The van der Waals surface area contributed by atoms with Crippen LogP contribution >= 0.6 is 11.8 Å². The quantitative estimate of drug-likeness (QED) is 0.202. The number of nitrogens with zero attached hydrogens (tertiary/aromatic N) is 3. The van der Waals surface area contributed by atoms with Crippen molar-refractivity contribution in [3.8, 4) is 17.1 Å². The van der Waals surface area contributed by atoms with Gasteiger partial charge < -0.3 is 5.32 Å². The minimum absolute atomic E-state index is 0.107. The SMILES string of the molecule is Cc1ccc(-c2nnc(SCCCC(=O)NC(C)CCc3ccccc3)n2-c2ccccc2)cc1. The molecule has 1 amide bonds. The summed E-state index contributed by atoms with van der Waals surface area (Å²) >= 11 is 1.64. The van der Waals surface area contributed by atoms with Crippen molar-refractivity contribution in [3.05, 3.63) is 96.1 Å². The van der Waals surface area contributed by atoms with Gasteiger partial charge in [0.2, 0.25) is 5.91 Å². The molecule has 1 N–H and O–H groups in total. The van der Waals surface area contributed by atoms with E-state index in [2.05, 4.69) is 94.6 Å². The van der Waals surface area contributed by atoms with Gasteiger partial charge in [0.15, 0.2) is 11.0 Å². The van der Waals surface area contributed by atoms with Gasteiger partial charge in [-0.05, 0) is 50.8 Å². The molecule has 1 heterocycles. The van der Waals surface area contributed by atoms with E-state index in [9.17, 15) is 4.79 Å². The Kier molecular flexibility index (Phi) is 8.74. The number of nitrogens with one attached hydrogen (secondary N) is 1. The number of hydrogen-bond donors (Lipinski definition) is 1. The van der Waals surface area contributed by atoms with Crippen LogP contribution in [0.4, 0.5) is 0 Å². The minimum atomic E-state index is 0.107. The average molecular weight is 485 g/mol. The molecule has 3 aromatic carbocycles. The summed E-state index contributed by atoms with van der Waals surface area (Å²) in [5, 5.41) is 13.0. The zero-order chi connectivity index (χ0) is 24.5. The molecule has 1 unspecified atom stereocenters. The van der Waals surface area contributed by atoms with Gasteiger partial charge >= 0.3 is 0 Å². The Balaban J connectivity index is 1.31. The van der Waals surface area contributed by atoms with Crippen molar-refractivity contribution < 1.29 is 4.79 Å². The fourth-order valence-corrected chi connectivity index (χ4v) is 4.80. The smallest absolute Gasteiger partial charge is 0.220 e. The fourth-order valence-electron chi connectivity index (χ4n) is 3.91. The number of carbonyl (C=O) groups is 1. The van der Waals surface area contributed by atoms with Crippen LogP contribution < -0.4 is 5.32 Å². The molecule has 6 heteroatoms. The zero-order valence-electron chi connectivity index (χ0n) is 20.4. The summed E-state index contributed by atoms with van der Waals surface area (Å²) in [6.07, 6.45) is 3.19. The molecule has 4 rings (SSSR count). The fraction of sp³-hybridized carbons (Fsp3) is 0.276. The lowest BCUT2D eigenvalue weighted by molar-refractivity contribution is -0.121. The van der Waals surface area contributed by atoms with Crippen molar-refractivity contribution in [2.75, 3.05) is 5.75 Å². The molecule has 1 aromatic heterocycles. The Bertz CT molecular complexity index is 1210. The van der Waals surface area contributed by atoms with E-state index in [0.29, 0.717) is 6.42 Å². The number of rotatable bonds is 11. The number of aromatic nitrogens is 3. The lowest BCUT2D eigenvalue weighted by atomic mass is 10.1. The number of hydrogen-bond acceptors (Lipinski definition) is 4. The van der Waals surface area contributed by atoms with E-state index in [0.717, 1.165) is 47.2 Å². The Morgan fingerprint density at radius 1 is 0.943 bits per heavy atom. The van der Waals surface area contributed by atoms with E-state index in [1.165, 1.54) is 11.1 Å². The Labute approximate surface area is 212 Å². The van der Waals surface area contributed by atoms with Crippen LogP contribution in [0, 0.1) is 6.92 Å². The highest BCUT2D eigenvalue weighted by Crippen LogP contribution is 2.28. The number of amides is 1. The first kappa shape index (κ1) is 24.7. The second kappa shape index (κ2) is 12.4. The number of carbonyl (C=O) groups excluding carboxylic acids is 1. The van der Waals surface area contributed by atoms with E-state index < -0.39 is 0 Å². The third kappa shape index (κ3) is 7.06. The van der Waals surface area contributed by atoms with Gasteiger partial charge in [-0.2, -0.15) is 0 Å². The molecule has 180 valence electrons. The second-order valence-electron chi connectivity index (χ2n) is 8.79. The molecule has 4 aromatic rings. The van der Waals surface area contributed by atoms with Crippen molar-refractivity contribution in [2.24, 2.45) is 0 Å². The first-order valence-corrected chi connectivity index (χ1v) is 13.1. The van der Waals surface area contributed by atoms with Crippen molar-refractivity contribution in [3.63, 3.8) is 0 Å². The molecule has 1 atom stereocenters. The molecule has 0 aliphatic carbocycles. The molecule has 0 radical (unpaired) electrons. The van der Waals surface area contributed by atoms with Gasteiger partial charge in [-0.1, -0.05) is 90.1 Å². The van der Waals surface area contributed by atoms with Gasteiger partial charge in [0.05, 0.1) is 0 Å². The van der Waals surface area contributed by atoms with Crippen molar-refractivity contribution in [2.45, 2.75) is 50.7 Å². The normalized spacial score (nSPS) is 11.8. The van der Waals surface area contributed by atoms with Crippen LogP contribution in [0.25, 0.3) is 17.1 Å². The van der Waals surface area contributed by atoms with E-state index in [1.54, 1.807) is 11.8 Å². The number of aryl methyl sites for hydroxylation is 2. The van der Waals surface area contributed by atoms with Gasteiger partial charge in [-0.25, -0.2) is 0 Å². The van der Waals surface area contributed by atoms with E-state index in [1.807, 2.05) is 24.3 Å². The molecular weight excluding hydrogens is 452 g/mol. The molecule has 5 nitrogen and oxygen atoms in total. The van der Waals surface area contributed by atoms with Gasteiger partial charge in [0.1, 0.15) is 0 Å². The molecule has 0 aliphatic heterocycles. The molecule has 0 bridgehead atoms. The third-order valence-corrected chi connectivity index (χ3v) is 6.87. The molecule has 0 spiro atoms. The van der Waals surface area contributed by atoms with Crippen LogP contribution in [0.5, 0.6) is 0 Å². The minimum Gasteiger partial charge on any atom is -0.354 e. The summed E-state index contributed by atoms with van der Waals surface area (Å²) < 4.78 is 2.10. The summed E-state index contributed by atoms with van der Waals surface area (Å²) in [4.78, 5) is 12.4. The van der Waals surface area contributed by atoms with Gasteiger partial charge in [-0.3, -0.25) is 9.36 Å². The van der Waals surface area contributed by atoms with Crippen LogP contribution in [0.3, 0.4) is 0 Å². The maximum Gasteiger partial charge on any atom is 0.220 e. The standard InChI is InChI=1S/C29H32N4OS/c1-22-15-19-25(20-16-22)28-31-32-29(33(28)26-12-7-4-8-13-26)35-21-9-14-27(34)30-23(2)17-18-24-10-5-3-6-11-24/h3-8,10-13,15-16,19-20,23H,9,14,17-18,21H2,1-2H3,(H,30,34). The number of thioether (sulfide) groups is 1. The van der Waals surface area contributed by atoms with Crippen molar-refractivity contribution >= 4 is 17.7 Å². The van der Waals surface area contributed by atoms with E-state index in [-0.39, 0.29) is 11.9 Å². The average Bonchev–Trinajstić information content (AvgIpc) is 3.31. The third-order valence-electron chi connectivity index (χ3n) is 5.85. The Hall–Kier alpha value is -3.38. The van der Waals surface area contributed by atoms with Crippen molar-refractivity contribution in [1.29, 1.82) is 0 Å².